The third kappa shape index (κ3) is 3.48. The largest absolute Gasteiger partial charge is 0.384 e. The highest BCUT2D eigenvalue weighted by Crippen LogP contribution is 2.34. The second-order valence-electron chi connectivity index (χ2n) is 5.69. The SMILES string of the molecule is Nc1cc(NC2CCC(c3ccccc3)CC2)c(Cl)cn1. The third-order valence-corrected chi connectivity index (χ3v) is 4.54. The summed E-state index contributed by atoms with van der Waals surface area (Å²) in [5.41, 5.74) is 8.08. The Bertz CT molecular complexity index is 592. The molecule has 0 atom stereocenters. The molecule has 0 unspecified atom stereocenters. The maximum Gasteiger partial charge on any atom is 0.125 e. The van der Waals surface area contributed by atoms with E-state index in [0.29, 0.717) is 22.8 Å². The summed E-state index contributed by atoms with van der Waals surface area (Å²) in [6.07, 6.45) is 6.32. The van der Waals surface area contributed by atoms with Gasteiger partial charge in [0.2, 0.25) is 0 Å². The summed E-state index contributed by atoms with van der Waals surface area (Å²) in [5.74, 6) is 1.18. The van der Waals surface area contributed by atoms with E-state index in [0.717, 1.165) is 18.5 Å². The van der Waals surface area contributed by atoms with Gasteiger partial charge in [0, 0.05) is 18.3 Å². The van der Waals surface area contributed by atoms with Crippen LogP contribution in [-0.4, -0.2) is 11.0 Å². The summed E-state index contributed by atoms with van der Waals surface area (Å²) in [6.45, 7) is 0. The summed E-state index contributed by atoms with van der Waals surface area (Å²) < 4.78 is 0. The lowest BCUT2D eigenvalue weighted by atomic mass is 9.82. The minimum atomic E-state index is 0.462. The van der Waals surface area contributed by atoms with Crippen molar-refractivity contribution in [2.75, 3.05) is 11.1 Å². The van der Waals surface area contributed by atoms with Gasteiger partial charge in [0.05, 0.1) is 10.7 Å². The number of anilines is 2. The highest BCUT2D eigenvalue weighted by atomic mass is 35.5. The van der Waals surface area contributed by atoms with Gasteiger partial charge < -0.3 is 11.1 Å². The second-order valence-corrected chi connectivity index (χ2v) is 6.10. The Labute approximate surface area is 130 Å². The summed E-state index contributed by atoms with van der Waals surface area (Å²) in [6, 6.07) is 13.1. The van der Waals surface area contributed by atoms with E-state index in [4.69, 9.17) is 17.3 Å². The number of nitrogen functional groups attached to an aromatic ring is 1. The van der Waals surface area contributed by atoms with E-state index >= 15 is 0 Å². The number of aromatic nitrogens is 1. The molecule has 110 valence electrons. The fourth-order valence-electron chi connectivity index (χ4n) is 3.08. The minimum absolute atomic E-state index is 0.462. The Balaban J connectivity index is 1.60. The van der Waals surface area contributed by atoms with Crippen LogP contribution in [-0.2, 0) is 0 Å². The maximum atomic E-state index is 6.16. The van der Waals surface area contributed by atoms with Gasteiger partial charge in [-0.2, -0.15) is 0 Å². The fraction of sp³-hybridized carbons (Fsp3) is 0.353. The molecule has 0 saturated heterocycles. The summed E-state index contributed by atoms with van der Waals surface area (Å²) >= 11 is 6.16. The Kier molecular flexibility index (Phi) is 4.30. The second kappa shape index (κ2) is 6.35. The first-order valence-corrected chi connectivity index (χ1v) is 7.82. The van der Waals surface area contributed by atoms with Crippen LogP contribution in [0.3, 0.4) is 0 Å². The quantitative estimate of drug-likeness (QED) is 0.880. The lowest BCUT2D eigenvalue weighted by Gasteiger charge is -2.30. The molecule has 0 bridgehead atoms. The van der Waals surface area contributed by atoms with Crippen LogP contribution in [0.15, 0.2) is 42.6 Å². The number of benzene rings is 1. The van der Waals surface area contributed by atoms with Gasteiger partial charge in [-0.05, 0) is 37.2 Å². The molecule has 0 spiro atoms. The monoisotopic (exact) mass is 301 g/mol. The number of nitrogens with one attached hydrogen (secondary N) is 1. The molecule has 0 amide bonds. The lowest BCUT2D eigenvalue weighted by Crippen LogP contribution is -2.25. The normalized spacial score (nSPS) is 22.0. The molecule has 4 heteroatoms. The van der Waals surface area contributed by atoms with E-state index in [-0.39, 0.29) is 0 Å². The standard InChI is InChI=1S/C17H20ClN3/c18-15-11-20-17(19)10-16(15)21-14-8-6-13(7-9-14)12-4-2-1-3-5-12/h1-5,10-11,13-14H,6-9H2,(H3,19,20,21). The molecule has 1 heterocycles. The van der Waals surface area contributed by atoms with Crippen LogP contribution in [0.5, 0.6) is 0 Å². The Morgan fingerprint density at radius 3 is 2.52 bits per heavy atom. The van der Waals surface area contributed by atoms with E-state index in [2.05, 4.69) is 40.6 Å². The van der Waals surface area contributed by atoms with Crippen molar-refractivity contribution in [2.45, 2.75) is 37.6 Å². The first-order chi connectivity index (χ1) is 10.2. The first-order valence-electron chi connectivity index (χ1n) is 7.45. The predicted octanol–water partition coefficient (Wildman–Crippen LogP) is 4.46. The molecule has 1 aliphatic carbocycles. The molecule has 1 saturated carbocycles. The lowest BCUT2D eigenvalue weighted by molar-refractivity contribution is 0.412. The number of nitrogens with two attached hydrogens (primary N) is 1. The van der Waals surface area contributed by atoms with E-state index in [1.165, 1.54) is 18.4 Å². The Hall–Kier alpha value is -1.74. The van der Waals surface area contributed by atoms with Crippen LogP contribution in [0.2, 0.25) is 5.02 Å². The zero-order valence-corrected chi connectivity index (χ0v) is 12.7. The van der Waals surface area contributed by atoms with E-state index in [9.17, 15) is 0 Å². The first kappa shape index (κ1) is 14.2. The van der Waals surface area contributed by atoms with Crippen molar-refractivity contribution in [2.24, 2.45) is 0 Å². The predicted molar refractivity (Wildman–Crippen MR) is 88.7 cm³/mol. The fourth-order valence-corrected chi connectivity index (χ4v) is 3.24. The molecule has 2 aromatic rings. The topological polar surface area (TPSA) is 50.9 Å². The van der Waals surface area contributed by atoms with E-state index < -0.39 is 0 Å². The molecule has 1 fully saturated rings. The summed E-state index contributed by atoms with van der Waals surface area (Å²) in [4.78, 5) is 3.99. The smallest absolute Gasteiger partial charge is 0.125 e. The number of hydrogen-bond acceptors (Lipinski definition) is 3. The van der Waals surface area contributed by atoms with Gasteiger partial charge in [-0.15, -0.1) is 0 Å². The molecule has 3 nitrogen and oxygen atoms in total. The van der Waals surface area contributed by atoms with Gasteiger partial charge in [0.15, 0.2) is 0 Å². The highest BCUT2D eigenvalue weighted by Gasteiger charge is 2.22. The molecule has 1 aliphatic rings. The summed E-state index contributed by atoms with van der Waals surface area (Å²) in [7, 11) is 0. The zero-order chi connectivity index (χ0) is 14.7. The van der Waals surface area contributed by atoms with Crippen LogP contribution in [0.1, 0.15) is 37.2 Å². The van der Waals surface area contributed by atoms with Gasteiger partial charge in [0.1, 0.15) is 5.82 Å². The molecule has 1 aromatic carbocycles. The van der Waals surface area contributed by atoms with Crippen LogP contribution in [0, 0.1) is 0 Å². The molecular formula is C17H20ClN3. The van der Waals surface area contributed by atoms with Crippen LogP contribution < -0.4 is 11.1 Å². The molecule has 0 aliphatic heterocycles. The van der Waals surface area contributed by atoms with Crippen molar-refractivity contribution in [3.8, 4) is 0 Å². The summed E-state index contributed by atoms with van der Waals surface area (Å²) in [5, 5.41) is 4.14. The number of rotatable bonds is 3. The number of nitrogens with zero attached hydrogens (tertiary/aromatic N) is 1. The molecular weight excluding hydrogens is 282 g/mol. The van der Waals surface area contributed by atoms with Gasteiger partial charge in [-0.25, -0.2) is 4.98 Å². The Morgan fingerprint density at radius 2 is 1.81 bits per heavy atom. The third-order valence-electron chi connectivity index (χ3n) is 4.23. The van der Waals surface area contributed by atoms with Crippen molar-refractivity contribution in [3.05, 3.63) is 53.2 Å². The minimum Gasteiger partial charge on any atom is -0.384 e. The number of hydrogen-bond donors (Lipinski definition) is 2. The van der Waals surface area contributed by atoms with Crippen molar-refractivity contribution in [1.29, 1.82) is 0 Å². The van der Waals surface area contributed by atoms with Gasteiger partial charge >= 0.3 is 0 Å². The average molecular weight is 302 g/mol. The molecule has 0 radical (unpaired) electrons. The van der Waals surface area contributed by atoms with Crippen molar-refractivity contribution in [3.63, 3.8) is 0 Å². The number of pyridine rings is 1. The van der Waals surface area contributed by atoms with Crippen LogP contribution >= 0.6 is 11.6 Å². The number of halogens is 1. The Morgan fingerprint density at radius 1 is 1.10 bits per heavy atom. The average Bonchev–Trinajstić information content (AvgIpc) is 2.53. The van der Waals surface area contributed by atoms with Crippen LogP contribution in [0.4, 0.5) is 11.5 Å². The zero-order valence-electron chi connectivity index (χ0n) is 11.9. The molecule has 3 rings (SSSR count). The van der Waals surface area contributed by atoms with Crippen LogP contribution in [0.25, 0.3) is 0 Å². The van der Waals surface area contributed by atoms with Crippen molar-refractivity contribution in [1.82, 2.24) is 4.98 Å². The van der Waals surface area contributed by atoms with Crippen molar-refractivity contribution < 1.29 is 0 Å². The highest BCUT2D eigenvalue weighted by molar-refractivity contribution is 6.33. The van der Waals surface area contributed by atoms with Gasteiger partial charge in [-0.1, -0.05) is 41.9 Å². The van der Waals surface area contributed by atoms with E-state index in [1.807, 2.05) is 6.07 Å². The molecule has 21 heavy (non-hydrogen) atoms. The molecule has 1 aromatic heterocycles. The van der Waals surface area contributed by atoms with E-state index in [1.54, 1.807) is 6.20 Å². The molecule has 3 N–H and O–H groups in total. The van der Waals surface area contributed by atoms with Gasteiger partial charge in [-0.3, -0.25) is 0 Å². The van der Waals surface area contributed by atoms with Crippen molar-refractivity contribution >= 4 is 23.1 Å². The van der Waals surface area contributed by atoms with Gasteiger partial charge in [0.25, 0.3) is 0 Å². The maximum absolute atomic E-state index is 6.16.